The molecule has 1 heterocycles. The Labute approximate surface area is 176 Å². The lowest BCUT2D eigenvalue weighted by atomic mass is 9.69. The molecule has 150 valence electrons. The largest absolute Gasteiger partial charge is 0.481 e. The lowest BCUT2D eigenvalue weighted by molar-refractivity contribution is 0.292. The van der Waals surface area contributed by atoms with E-state index in [0.29, 0.717) is 22.8 Å². The van der Waals surface area contributed by atoms with Gasteiger partial charge in [0, 0.05) is 17.0 Å². The number of halogens is 1. The Morgan fingerprint density at radius 3 is 2.25 bits per heavy atom. The Morgan fingerprint density at radius 2 is 1.68 bits per heavy atom. The fourth-order valence-corrected chi connectivity index (χ4v) is 3.95. The van der Waals surface area contributed by atoms with Crippen molar-refractivity contribution in [2.75, 3.05) is 26.1 Å². The summed E-state index contributed by atoms with van der Waals surface area (Å²) in [4.78, 5) is 8.51. The molecule has 0 radical (unpaired) electrons. The minimum absolute atomic E-state index is 0.0432. The molecule has 1 aliphatic carbocycles. The molecule has 1 saturated carbocycles. The first-order chi connectivity index (χ1) is 13.5. The van der Waals surface area contributed by atoms with Crippen molar-refractivity contribution in [2.24, 2.45) is 0 Å². The van der Waals surface area contributed by atoms with Crippen LogP contribution in [0, 0.1) is 0 Å². The third-order valence-electron chi connectivity index (χ3n) is 5.18. The third kappa shape index (κ3) is 5.02. The second kappa shape index (κ2) is 9.39. The van der Waals surface area contributed by atoms with Gasteiger partial charge in [0.05, 0.1) is 20.3 Å². The highest BCUT2D eigenvalue weighted by molar-refractivity contribution is 7.80. The molecule has 2 aromatic rings. The zero-order chi connectivity index (χ0) is 20.0. The van der Waals surface area contributed by atoms with Gasteiger partial charge in [-0.3, -0.25) is 0 Å². The molecule has 8 heteroatoms. The number of benzene rings is 1. The van der Waals surface area contributed by atoms with Crippen LogP contribution in [0.5, 0.6) is 11.8 Å². The molecule has 0 aliphatic heterocycles. The number of ether oxygens (including phenoxy) is 2. The molecule has 0 unspecified atom stereocenters. The van der Waals surface area contributed by atoms with Crippen molar-refractivity contribution in [1.82, 2.24) is 15.3 Å². The molecule has 28 heavy (non-hydrogen) atoms. The van der Waals surface area contributed by atoms with Gasteiger partial charge in [0.25, 0.3) is 0 Å². The number of aromatic nitrogens is 2. The van der Waals surface area contributed by atoms with E-state index >= 15 is 0 Å². The van der Waals surface area contributed by atoms with E-state index in [4.69, 9.17) is 33.3 Å². The Morgan fingerprint density at radius 1 is 1.07 bits per heavy atom. The van der Waals surface area contributed by atoms with Crippen LogP contribution in [0.15, 0.2) is 30.3 Å². The van der Waals surface area contributed by atoms with Crippen LogP contribution in [0.3, 0.4) is 0 Å². The smallest absolute Gasteiger partial charge is 0.235 e. The van der Waals surface area contributed by atoms with Crippen LogP contribution in [0.25, 0.3) is 0 Å². The topological polar surface area (TPSA) is 68.3 Å². The van der Waals surface area contributed by atoms with Crippen LogP contribution >= 0.6 is 23.8 Å². The van der Waals surface area contributed by atoms with Gasteiger partial charge in [0.1, 0.15) is 0 Å². The number of thiocarbonyl (C=S) groups is 1. The van der Waals surface area contributed by atoms with Crippen LogP contribution < -0.4 is 20.1 Å². The Bertz CT molecular complexity index is 788. The van der Waals surface area contributed by atoms with Crippen molar-refractivity contribution < 1.29 is 9.47 Å². The molecular formula is C20H25ClN4O2S. The number of nitrogens with zero attached hydrogens (tertiary/aromatic N) is 2. The van der Waals surface area contributed by atoms with Crippen LogP contribution in [-0.4, -0.2) is 35.8 Å². The highest BCUT2D eigenvalue weighted by Gasteiger charge is 2.34. The van der Waals surface area contributed by atoms with Gasteiger partial charge in [-0.05, 0) is 42.8 Å². The van der Waals surface area contributed by atoms with Crippen LogP contribution in [0.1, 0.15) is 37.7 Å². The lowest BCUT2D eigenvalue weighted by Gasteiger charge is -2.38. The van der Waals surface area contributed by atoms with Gasteiger partial charge in [-0.1, -0.05) is 43.0 Å². The summed E-state index contributed by atoms with van der Waals surface area (Å²) >= 11 is 11.6. The second-order valence-corrected chi connectivity index (χ2v) is 7.78. The van der Waals surface area contributed by atoms with E-state index in [9.17, 15) is 0 Å². The van der Waals surface area contributed by atoms with E-state index in [-0.39, 0.29) is 5.41 Å². The minimum Gasteiger partial charge on any atom is -0.481 e. The Hall–Kier alpha value is -2.12. The predicted octanol–water partition coefficient (Wildman–Crippen LogP) is 4.34. The summed E-state index contributed by atoms with van der Waals surface area (Å²) in [5.41, 5.74) is 1.34. The number of rotatable bonds is 6. The Kier molecular flexibility index (Phi) is 6.91. The molecule has 3 rings (SSSR count). The normalized spacial score (nSPS) is 15.5. The molecule has 1 aliphatic rings. The van der Waals surface area contributed by atoms with Crippen LogP contribution in [-0.2, 0) is 5.41 Å². The van der Waals surface area contributed by atoms with E-state index in [2.05, 4.69) is 32.7 Å². The van der Waals surface area contributed by atoms with Gasteiger partial charge in [0.2, 0.25) is 17.7 Å². The molecule has 2 N–H and O–H groups in total. The highest BCUT2D eigenvalue weighted by Crippen LogP contribution is 2.39. The number of hydrogen-bond acceptors (Lipinski definition) is 5. The summed E-state index contributed by atoms with van der Waals surface area (Å²) in [6.45, 7) is 0.738. The molecule has 1 aromatic heterocycles. The summed E-state index contributed by atoms with van der Waals surface area (Å²) in [5, 5.41) is 7.60. The molecule has 1 fully saturated rings. The first-order valence-corrected chi connectivity index (χ1v) is 10.1. The predicted molar refractivity (Wildman–Crippen MR) is 116 cm³/mol. The van der Waals surface area contributed by atoms with E-state index < -0.39 is 0 Å². The summed E-state index contributed by atoms with van der Waals surface area (Å²) in [5.74, 6) is 1.14. The second-order valence-electron chi connectivity index (χ2n) is 6.93. The maximum atomic E-state index is 6.08. The fourth-order valence-electron chi connectivity index (χ4n) is 3.66. The quantitative estimate of drug-likeness (QED) is 0.674. The molecule has 0 saturated heterocycles. The van der Waals surface area contributed by atoms with Crippen molar-refractivity contribution in [1.29, 1.82) is 0 Å². The minimum atomic E-state index is 0.0432. The van der Waals surface area contributed by atoms with E-state index in [1.807, 2.05) is 12.1 Å². The third-order valence-corrected chi connectivity index (χ3v) is 5.68. The first kappa shape index (κ1) is 20.6. The van der Waals surface area contributed by atoms with Crippen molar-refractivity contribution in [3.8, 4) is 11.8 Å². The SMILES string of the molecule is COc1cc(OC)nc(NC(=S)NCC2(c3ccc(Cl)cc3)CCCCC2)n1. The standard InChI is InChI=1S/C20H25ClN4O2S/c1-26-16-12-17(27-2)24-18(23-16)25-19(28)22-13-20(10-4-3-5-11-20)14-6-8-15(21)9-7-14/h6-9,12H,3-5,10-11,13H2,1-2H3,(H2,22,23,24,25,28). The monoisotopic (exact) mass is 420 g/mol. The molecular weight excluding hydrogens is 396 g/mol. The van der Waals surface area contributed by atoms with Gasteiger partial charge >= 0.3 is 0 Å². The average Bonchev–Trinajstić information content (AvgIpc) is 2.73. The summed E-state index contributed by atoms with van der Waals surface area (Å²) < 4.78 is 10.3. The van der Waals surface area contributed by atoms with Gasteiger partial charge < -0.3 is 20.1 Å². The van der Waals surface area contributed by atoms with Crippen molar-refractivity contribution in [3.63, 3.8) is 0 Å². The zero-order valence-corrected chi connectivity index (χ0v) is 17.7. The zero-order valence-electron chi connectivity index (χ0n) is 16.1. The fraction of sp³-hybridized carbons (Fsp3) is 0.450. The van der Waals surface area contributed by atoms with Crippen molar-refractivity contribution in [2.45, 2.75) is 37.5 Å². The Balaban J connectivity index is 1.69. The van der Waals surface area contributed by atoms with Crippen LogP contribution in [0.2, 0.25) is 5.02 Å². The maximum absolute atomic E-state index is 6.08. The first-order valence-electron chi connectivity index (χ1n) is 9.33. The average molecular weight is 421 g/mol. The van der Waals surface area contributed by atoms with Crippen LogP contribution in [0.4, 0.5) is 5.95 Å². The van der Waals surface area contributed by atoms with Gasteiger partial charge in [-0.25, -0.2) is 0 Å². The maximum Gasteiger partial charge on any atom is 0.235 e. The number of hydrogen-bond donors (Lipinski definition) is 2. The van der Waals surface area contributed by atoms with Gasteiger partial charge in [-0.2, -0.15) is 9.97 Å². The van der Waals surface area contributed by atoms with Crippen molar-refractivity contribution >= 4 is 34.9 Å². The molecule has 0 amide bonds. The van der Waals surface area contributed by atoms with Gasteiger partial charge in [0.15, 0.2) is 5.11 Å². The number of anilines is 1. The lowest BCUT2D eigenvalue weighted by Crippen LogP contribution is -2.43. The molecule has 0 spiro atoms. The number of nitrogens with one attached hydrogen (secondary N) is 2. The van der Waals surface area contributed by atoms with Gasteiger partial charge in [-0.15, -0.1) is 0 Å². The molecule has 6 nitrogen and oxygen atoms in total. The summed E-state index contributed by atoms with van der Waals surface area (Å²) in [7, 11) is 3.09. The van der Waals surface area contributed by atoms with Crippen molar-refractivity contribution in [3.05, 3.63) is 40.9 Å². The molecule has 0 atom stereocenters. The summed E-state index contributed by atoms with van der Waals surface area (Å²) in [6.07, 6.45) is 5.93. The molecule has 1 aromatic carbocycles. The number of methoxy groups -OCH3 is 2. The molecule has 0 bridgehead atoms. The van der Waals surface area contributed by atoms with E-state index in [1.165, 1.54) is 24.8 Å². The highest BCUT2D eigenvalue weighted by atomic mass is 35.5. The van der Waals surface area contributed by atoms with E-state index in [0.717, 1.165) is 24.4 Å². The van der Waals surface area contributed by atoms with E-state index in [1.54, 1.807) is 20.3 Å². The summed E-state index contributed by atoms with van der Waals surface area (Å²) in [6, 6.07) is 9.78.